The topological polar surface area (TPSA) is 41.6 Å². The maximum absolute atomic E-state index is 13.0. The number of rotatable bonds is 4. The summed E-state index contributed by atoms with van der Waals surface area (Å²) in [5.74, 6) is 3.09. The highest BCUT2D eigenvalue weighted by atomic mass is 16.5. The molecule has 0 aromatic heterocycles. The van der Waals surface area contributed by atoms with E-state index in [4.69, 9.17) is 4.74 Å². The van der Waals surface area contributed by atoms with Gasteiger partial charge in [0.25, 0.3) is 5.91 Å². The molecule has 2 saturated heterocycles. The number of hydrogen-bond acceptors (Lipinski definition) is 3. The Balaban J connectivity index is 1.45. The van der Waals surface area contributed by atoms with Crippen LogP contribution in [-0.2, 0) is 0 Å². The standard InChI is InChI=1S/C19H26N2O2/c22-19(21-9-7-15-11-20-12-16(15)8-10-21)17-3-1-2-4-18(17)23-13-14-5-6-14/h1-4,14-16,20H,5-13H2/t15-,16+. The van der Waals surface area contributed by atoms with E-state index in [0.29, 0.717) is 5.92 Å². The first-order chi connectivity index (χ1) is 11.3. The fourth-order valence-electron chi connectivity index (χ4n) is 3.85. The summed E-state index contributed by atoms with van der Waals surface area (Å²) in [7, 11) is 0. The van der Waals surface area contributed by atoms with Crippen LogP contribution < -0.4 is 10.1 Å². The van der Waals surface area contributed by atoms with Gasteiger partial charge in [-0.25, -0.2) is 0 Å². The molecule has 23 heavy (non-hydrogen) atoms. The zero-order valence-electron chi connectivity index (χ0n) is 13.7. The van der Waals surface area contributed by atoms with Gasteiger partial charge < -0.3 is 15.0 Å². The highest BCUT2D eigenvalue weighted by Crippen LogP contribution is 2.31. The first-order valence-corrected chi connectivity index (χ1v) is 9.03. The molecule has 124 valence electrons. The molecule has 1 N–H and O–H groups in total. The second-order valence-electron chi connectivity index (χ2n) is 7.30. The quantitative estimate of drug-likeness (QED) is 0.928. The van der Waals surface area contributed by atoms with Gasteiger partial charge in [-0.2, -0.15) is 0 Å². The van der Waals surface area contributed by atoms with Crippen molar-refractivity contribution in [1.82, 2.24) is 10.2 Å². The maximum Gasteiger partial charge on any atom is 0.257 e. The van der Waals surface area contributed by atoms with Gasteiger partial charge in [0.15, 0.2) is 0 Å². The molecule has 1 amide bonds. The molecule has 0 bridgehead atoms. The largest absolute Gasteiger partial charge is 0.492 e. The third-order valence-corrected chi connectivity index (χ3v) is 5.60. The van der Waals surface area contributed by atoms with Gasteiger partial charge in [0.1, 0.15) is 5.75 Å². The van der Waals surface area contributed by atoms with E-state index in [9.17, 15) is 4.79 Å². The lowest BCUT2D eigenvalue weighted by molar-refractivity contribution is 0.0754. The predicted molar refractivity (Wildman–Crippen MR) is 89.6 cm³/mol. The Bertz CT molecular complexity index is 556. The molecule has 0 radical (unpaired) electrons. The van der Waals surface area contributed by atoms with Gasteiger partial charge in [-0.05, 0) is 68.7 Å². The summed E-state index contributed by atoms with van der Waals surface area (Å²) in [6.45, 7) is 4.74. The second-order valence-corrected chi connectivity index (χ2v) is 7.30. The zero-order valence-corrected chi connectivity index (χ0v) is 13.7. The Morgan fingerprint density at radius 2 is 1.78 bits per heavy atom. The molecule has 1 saturated carbocycles. The van der Waals surface area contributed by atoms with Crippen LogP contribution in [0.1, 0.15) is 36.0 Å². The van der Waals surface area contributed by atoms with E-state index in [1.807, 2.05) is 29.2 Å². The summed E-state index contributed by atoms with van der Waals surface area (Å²) >= 11 is 0. The van der Waals surface area contributed by atoms with Gasteiger partial charge >= 0.3 is 0 Å². The lowest BCUT2D eigenvalue weighted by Crippen LogP contribution is -2.33. The lowest BCUT2D eigenvalue weighted by atomic mass is 9.92. The molecule has 1 aliphatic carbocycles. The molecule has 0 unspecified atom stereocenters. The number of fused-ring (bicyclic) bond motifs is 1. The molecular formula is C19H26N2O2. The van der Waals surface area contributed by atoms with Gasteiger partial charge in [-0.15, -0.1) is 0 Å². The molecule has 1 aromatic carbocycles. The van der Waals surface area contributed by atoms with Crippen LogP contribution >= 0.6 is 0 Å². The molecule has 3 aliphatic rings. The molecule has 0 spiro atoms. The van der Waals surface area contributed by atoms with Gasteiger partial charge in [0.05, 0.1) is 12.2 Å². The van der Waals surface area contributed by atoms with Gasteiger partial charge in [0, 0.05) is 13.1 Å². The normalized spacial score (nSPS) is 27.4. The Morgan fingerprint density at radius 1 is 1.09 bits per heavy atom. The smallest absolute Gasteiger partial charge is 0.257 e. The summed E-state index contributed by atoms with van der Waals surface area (Å²) in [4.78, 5) is 15.0. The van der Waals surface area contributed by atoms with Crippen molar-refractivity contribution in [1.29, 1.82) is 0 Å². The van der Waals surface area contributed by atoms with Crippen LogP contribution in [0, 0.1) is 17.8 Å². The highest BCUT2D eigenvalue weighted by molar-refractivity contribution is 5.97. The van der Waals surface area contributed by atoms with Crippen molar-refractivity contribution < 1.29 is 9.53 Å². The fraction of sp³-hybridized carbons (Fsp3) is 0.632. The van der Waals surface area contributed by atoms with E-state index in [-0.39, 0.29) is 5.91 Å². The van der Waals surface area contributed by atoms with Crippen LogP contribution in [0.4, 0.5) is 0 Å². The second kappa shape index (κ2) is 6.52. The van der Waals surface area contributed by atoms with Crippen molar-refractivity contribution >= 4 is 5.91 Å². The van der Waals surface area contributed by atoms with E-state index in [1.54, 1.807) is 0 Å². The number of benzene rings is 1. The number of likely N-dealkylation sites (tertiary alicyclic amines) is 1. The van der Waals surface area contributed by atoms with Crippen molar-refractivity contribution in [2.45, 2.75) is 25.7 Å². The van der Waals surface area contributed by atoms with Crippen LogP contribution in [0.5, 0.6) is 5.75 Å². The minimum Gasteiger partial charge on any atom is -0.492 e. The summed E-state index contributed by atoms with van der Waals surface area (Å²) < 4.78 is 5.92. The first kappa shape index (κ1) is 15.0. The van der Waals surface area contributed by atoms with Crippen molar-refractivity contribution in [3.63, 3.8) is 0 Å². The molecule has 4 nitrogen and oxygen atoms in total. The van der Waals surface area contributed by atoms with Crippen LogP contribution in [0.25, 0.3) is 0 Å². The summed E-state index contributed by atoms with van der Waals surface area (Å²) in [5.41, 5.74) is 0.735. The SMILES string of the molecule is O=C(c1ccccc1OCC1CC1)N1CC[C@@H]2CNC[C@@H]2CC1. The minimum atomic E-state index is 0.143. The fourth-order valence-corrected chi connectivity index (χ4v) is 3.85. The Labute approximate surface area is 138 Å². The van der Waals surface area contributed by atoms with Crippen LogP contribution in [0.15, 0.2) is 24.3 Å². The third-order valence-electron chi connectivity index (χ3n) is 5.60. The average molecular weight is 314 g/mol. The number of amides is 1. The van der Waals surface area contributed by atoms with Crippen LogP contribution in [-0.4, -0.2) is 43.6 Å². The summed E-state index contributed by atoms with van der Waals surface area (Å²) in [6.07, 6.45) is 4.76. The van der Waals surface area contributed by atoms with E-state index in [1.165, 1.54) is 12.8 Å². The van der Waals surface area contributed by atoms with Gasteiger partial charge in [0.2, 0.25) is 0 Å². The number of carbonyl (C=O) groups excluding carboxylic acids is 1. The Hall–Kier alpha value is -1.55. The zero-order chi connectivity index (χ0) is 15.6. The number of hydrogen-bond donors (Lipinski definition) is 1. The molecule has 2 heterocycles. The third kappa shape index (κ3) is 3.37. The summed E-state index contributed by atoms with van der Waals surface area (Å²) in [6, 6.07) is 7.75. The molecular weight excluding hydrogens is 288 g/mol. The molecule has 4 heteroatoms. The van der Waals surface area contributed by atoms with Crippen molar-refractivity contribution in [2.75, 3.05) is 32.8 Å². The van der Waals surface area contributed by atoms with Gasteiger partial charge in [-0.3, -0.25) is 4.79 Å². The minimum absolute atomic E-state index is 0.143. The van der Waals surface area contributed by atoms with E-state index < -0.39 is 0 Å². The number of nitrogens with one attached hydrogen (secondary N) is 1. The van der Waals surface area contributed by atoms with Crippen LogP contribution in [0.2, 0.25) is 0 Å². The van der Waals surface area contributed by atoms with E-state index in [2.05, 4.69) is 5.32 Å². The number of carbonyl (C=O) groups is 1. The highest BCUT2D eigenvalue weighted by Gasteiger charge is 2.32. The molecule has 3 fully saturated rings. The predicted octanol–water partition coefficient (Wildman–Crippen LogP) is 2.55. The van der Waals surface area contributed by atoms with Gasteiger partial charge in [-0.1, -0.05) is 12.1 Å². The number of nitrogens with zero attached hydrogens (tertiary/aromatic N) is 1. The number of para-hydroxylation sites is 1. The average Bonchev–Trinajstić information content (AvgIpc) is 3.35. The molecule has 2 atom stereocenters. The number of ether oxygens (including phenoxy) is 1. The summed E-state index contributed by atoms with van der Waals surface area (Å²) in [5, 5.41) is 3.49. The van der Waals surface area contributed by atoms with Crippen LogP contribution in [0.3, 0.4) is 0 Å². The Morgan fingerprint density at radius 3 is 2.48 bits per heavy atom. The molecule has 4 rings (SSSR count). The Kier molecular flexibility index (Phi) is 4.25. The lowest BCUT2D eigenvalue weighted by Gasteiger charge is -2.22. The molecule has 2 aliphatic heterocycles. The van der Waals surface area contributed by atoms with Crippen molar-refractivity contribution in [3.8, 4) is 5.75 Å². The maximum atomic E-state index is 13.0. The monoisotopic (exact) mass is 314 g/mol. The van der Waals surface area contributed by atoms with E-state index in [0.717, 1.165) is 68.8 Å². The first-order valence-electron chi connectivity index (χ1n) is 9.03. The van der Waals surface area contributed by atoms with Crippen molar-refractivity contribution in [2.24, 2.45) is 17.8 Å². The van der Waals surface area contributed by atoms with E-state index >= 15 is 0 Å². The van der Waals surface area contributed by atoms with Crippen molar-refractivity contribution in [3.05, 3.63) is 29.8 Å². The molecule has 1 aromatic rings.